The van der Waals surface area contributed by atoms with Gasteiger partial charge in [0.1, 0.15) is 12.0 Å². The normalized spacial score (nSPS) is 11.1. The Morgan fingerprint density at radius 3 is 2.76 bits per heavy atom. The number of aliphatic carboxylic acids is 1. The van der Waals surface area contributed by atoms with E-state index in [0.29, 0.717) is 5.75 Å². The Morgan fingerprint density at radius 2 is 2.19 bits per heavy atom. The van der Waals surface area contributed by atoms with Gasteiger partial charge in [0.05, 0.1) is 18.4 Å². The number of anilines is 1. The van der Waals surface area contributed by atoms with Crippen LogP contribution in [0.2, 0.25) is 0 Å². The van der Waals surface area contributed by atoms with Crippen molar-refractivity contribution in [2.45, 2.75) is 11.3 Å². The highest BCUT2D eigenvalue weighted by atomic mass is 32.2. The summed E-state index contributed by atoms with van der Waals surface area (Å²) in [6.07, 6.45) is 0.760. The summed E-state index contributed by atoms with van der Waals surface area (Å²) in [5.74, 6) is -0.778. The van der Waals surface area contributed by atoms with Crippen LogP contribution in [0.25, 0.3) is 0 Å². The third kappa shape index (κ3) is 3.51. The molecule has 2 aromatic rings. The zero-order valence-electron chi connectivity index (χ0n) is 10.9. The van der Waals surface area contributed by atoms with Crippen LogP contribution in [0.15, 0.2) is 39.9 Å². The second kappa shape index (κ2) is 5.83. The number of aromatic nitrogens is 1. The van der Waals surface area contributed by atoms with Gasteiger partial charge in [-0.15, -0.1) is 0 Å². The number of sulfonamides is 1. The minimum absolute atomic E-state index is 0.00657. The van der Waals surface area contributed by atoms with Crippen molar-refractivity contribution in [3.05, 3.63) is 36.1 Å². The van der Waals surface area contributed by atoms with E-state index in [1.54, 1.807) is 0 Å². The van der Waals surface area contributed by atoms with E-state index in [9.17, 15) is 13.2 Å². The van der Waals surface area contributed by atoms with Gasteiger partial charge in [0.15, 0.2) is 5.82 Å². The van der Waals surface area contributed by atoms with Crippen LogP contribution in [0.3, 0.4) is 0 Å². The molecule has 9 heteroatoms. The van der Waals surface area contributed by atoms with Gasteiger partial charge in [-0.2, -0.15) is 0 Å². The van der Waals surface area contributed by atoms with Gasteiger partial charge >= 0.3 is 5.97 Å². The Labute approximate surface area is 120 Å². The number of methoxy groups -OCH3 is 1. The molecule has 0 atom stereocenters. The molecule has 0 unspecified atom stereocenters. The van der Waals surface area contributed by atoms with E-state index >= 15 is 0 Å². The standard InChI is InChI=1S/C12H12N2O6S/c1-19-9-2-3-10(8(6-9)7-12(15)16)21(17,18)14-11-4-5-20-13-11/h2-6H,7H2,1H3,(H,13,14)(H,15,16). The molecule has 1 heterocycles. The Morgan fingerprint density at radius 1 is 1.43 bits per heavy atom. The van der Waals surface area contributed by atoms with Gasteiger partial charge in [-0.1, -0.05) is 5.16 Å². The van der Waals surface area contributed by atoms with Crippen molar-refractivity contribution in [3.8, 4) is 5.75 Å². The highest BCUT2D eigenvalue weighted by Crippen LogP contribution is 2.24. The average molecular weight is 312 g/mol. The molecule has 112 valence electrons. The van der Waals surface area contributed by atoms with Crippen molar-refractivity contribution in [2.24, 2.45) is 0 Å². The number of hydrogen-bond acceptors (Lipinski definition) is 6. The lowest BCUT2D eigenvalue weighted by molar-refractivity contribution is -0.136. The van der Waals surface area contributed by atoms with Crippen molar-refractivity contribution in [3.63, 3.8) is 0 Å². The largest absolute Gasteiger partial charge is 0.497 e. The van der Waals surface area contributed by atoms with Gasteiger partial charge in [0.2, 0.25) is 0 Å². The first-order valence-electron chi connectivity index (χ1n) is 5.74. The third-order valence-electron chi connectivity index (χ3n) is 2.58. The van der Waals surface area contributed by atoms with Crippen LogP contribution >= 0.6 is 0 Å². The number of nitrogens with one attached hydrogen (secondary N) is 1. The molecule has 21 heavy (non-hydrogen) atoms. The topological polar surface area (TPSA) is 119 Å². The molecule has 0 bridgehead atoms. The molecule has 2 N–H and O–H groups in total. The Bertz CT molecular complexity index is 739. The van der Waals surface area contributed by atoms with Crippen molar-refractivity contribution in [1.29, 1.82) is 0 Å². The average Bonchev–Trinajstić information content (AvgIpc) is 2.89. The monoisotopic (exact) mass is 312 g/mol. The zero-order chi connectivity index (χ0) is 15.5. The summed E-state index contributed by atoms with van der Waals surface area (Å²) in [6.45, 7) is 0. The maximum atomic E-state index is 12.3. The van der Waals surface area contributed by atoms with E-state index in [0.717, 1.165) is 0 Å². The molecule has 0 spiro atoms. The lowest BCUT2D eigenvalue weighted by Gasteiger charge is -2.11. The van der Waals surface area contributed by atoms with Crippen molar-refractivity contribution >= 4 is 21.8 Å². The molecule has 0 saturated heterocycles. The van der Waals surface area contributed by atoms with E-state index < -0.39 is 22.4 Å². The van der Waals surface area contributed by atoms with Gasteiger partial charge < -0.3 is 14.4 Å². The number of nitrogens with zero attached hydrogens (tertiary/aromatic N) is 1. The number of hydrogen-bond donors (Lipinski definition) is 2. The number of carboxylic acid groups (broad SMARTS) is 1. The lowest BCUT2D eigenvalue weighted by atomic mass is 10.1. The maximum absolute atomic E-state index is 12.3. The number of benzene rings is 1. The van der Waals surface area contributed by atoms with Crippen LogP contribution in [0, 0.1) is 0 Å². The van der Waals surface area contributed by atoms with Crippen molar-refractivity contribution in [1.82, 2.24) is 5.16 Å². The Kier molecular flexibility index (Phi) is 4.13. The molecule has 0 saturated carbocycles. The summed E-state index contributed by atoms with van der Waals surface area (Å²) in [7, 11) is -2.57. The van der Waals surface area contributed by atoms with Crippen LogP contribution in [0.5, 0.6) is 5.75 Å². The molecule has 0 aliphatic heterocycles. The van der Waals surface area contributed by atoms with Crippen LogP contribution in [0.1, 0.15) is 5.56 Å². The number of carbonyl (C=O) groups is 1. The highest BCUT2D eigenvalue weighted by molar-refractivity contribution is 7.92. The lowest BCUT2D eigenvalue weighted by Crippen LogP contribution is -2.16. The van der Waals surface area contributed by atoms with Gasteiger partial charge in [-0.3, -0.25) is 9.52 Å². The van der Waals surface area contributed by atoms with Crippen LogP contribution < -0.4 is 9.46 Å². The Balaban J connectivity index is 2.43. The van der Waals surface area contributed by atoms with E-state index in [1.807, 2.05) is 0 Å². The van der Waals surface area contributed by atoms with E-state index in [1.165, 1.54) is 37.6 Å². The minimum atomic E-state index is -3.98. The van der Waals surface area contributed by atoms with E-state index in [2.05, 4.69) is 14.4 Å². The number of carboxylic acids is 1. The molecule has 0 fully saturated rings. The second-order valence-electron chi connectivity index (χ2n) is 4.03. The molecule has 8 nitrogen and oxygen atoms in total. The molecule has 0 aliphatic rings. The van der Waals surface area contributed by atoms with Crippen LogP contribution in [-0.4, -0.2) is 31.8 Å². The summed E-state index contributed by atoms with van der Waals surface area (Å²) >= 11 is 0. The first kappa shape index (κ1) is 14.9. The molecule has 0 radical (unpaired) electrons. The van der Waals surface area contributed by atoms with Gasteiger partial charge in [-0.25, -0.2) is 8.42 Å². The maximum Gasteiger partial charge on any atom is 0.307 e. The highest BCUT2D eigenvalue weighted by Gasteiger charge is 2.21. The fourth-order valence-electron chi connectivity index (χ4n) is 1.70. The first-order chi connectivity index (χ1) is 9.92. The van der Waals surface area contributed by atoms with Gasteiger partial charge in [0.25, 0.3) is 10.0 Å². The fraction of sp³-hybridized carbons (Fsp3) is 0.167. The summed E-state index contributed by atoms with van der Waals surface area (Å²) in [6, 6.07) is 5.41. The van der Waals surface area contributed by atoms with Gasteiger partial charge in [0, 0.05) is 6.07 Å². The Hall–Kier alpha value is -2.55. The minimum Gasteiger partial charge on any atom is -0.497 e. The quantitative estimate of drug-likeness (QED) is 0.820. The van der Waals surface area contributed by atoms with Crippen LogP contribution in [0.4, 0.5) is 5.82 Å². The predicted octanol–water partition coefficient (Wildman–Crippen LogP) is 1.11. The van der Waals surface area contributed by atoms with E-state index in [-0.39, 0.29) is 16.3 Å². The molecule has 1 aromatic carbocycles. The molecule has 0 aliphatic carbocycles. The smallest absolute Gasteiger partial charge is 0.307 e. The summed E-state index contributed by atoms with van der Waals surface area (Å²) < 4.78 is 36.3. The van der Waals surface area contributed by atoms with Crippen molar-refractivity contribution < 1.29 is 27.6 Å². The zero-order valence-corrected chi connectivity index (χ0v) is 11.8. The molecule has 1 aromatic heterocycles. The molecule has 0 amide bonds. The van der Waals surface area contributed by atoms with Crippen LogP contribution in [-0.2, 0) is 21.2 Å². The molecular weight excluding hydrogens is 300 g/mol. The predicted molar refractivity (Wildman–Crippen MR) is 71.6 cm³/mol. The summed E-state index contributed by atoms with van der Waals surface area (Å²) in [5, 5.41) is 12.3. The fourth-order valence-corrected chi connectivity index (χ4v) is 2.92. The number of ether oxygens (including phenoxy) is 1. The van der Waals surface area contributed by atoms with E-state index in [4.69, 9.17) is 9.84 Å². The molecule has 2 rings (SSSR count). The third-order valence-corrected chi connectivity index (χ3v) is 4.03. The summed E-state index contributed by atoms with van der Waals surface area (Å²) in [5.41, 5.74) is 0.109. The second-order valence-corrected chi connectivity index (χ2v) is 5.69. The molecular formula is C12H12N2O6S. The van der Waals surface area contributed by atoms with Gasteiger partial charge in [-0.05, 0) is 23.8 Å². The SMILES string of the molecule is COc1ccc(S(=O)(=O)Nc2ccon2)c(CC(=O)O)c1. The first-order valence-corrected chi connectivity index (χ1v) is 7.22. The summed E-state index contributed by atoms with van der Waals surface area (Å²) in [4.78, 5) is 10.7. The number of rotatable bonds is 6. The van der Waals surface area contributed by atoms with Crippen molar-refractivity contribution in [2.75, 3.05) is 11.8 Å².